The summed E-state index contributed by atoms with van der Waals surface area (Å²) in [5.41, 5.74) is 2.65. The van der Waals surface area contributed by atoms with E-state index < -0.39 is 0 Å². The SMILES string of the molecule is C=CCCCN(C)C(=NC)NCC(c1cccc(C)c1)N1CCOCC1.I. The van der Waals surface area contributed by atoms with Gasteiger partial charge in [0.2, 0.25) is 0 Å². The Kier molecular flexibility index (Phi) is 11.6. The molecule has 27 heavy (non-hydrogen) atoms. The smallest absolute Gasteiger partial charge is 0.193 e. The first-order chi connectivity index (χ1) is 12.7. The third-order valence-corrected chi connectivity index (χ3v) is 4.84. The average molecular weight is 486 g/mol. The number of nitrogens with one attached hydrogen (secondary N) is 1. The van der Waals surface area contributed by atoms with Crippen LogP contribution in [-0.4, -0.2) is 69.2 Å². The minimum Gasteiger partial charge on any atom is -0.379 e. The lowest BCUT2D eigenvalue weighted by molar-refractivity contribution is 0.0169. The zero-order valence-electron chi connectivity index (χ0n) is 17.0. The summed E-state index contributed by atoms with van der Waals surface area (Å²) in [6.45, 7) is 11.3. The number of halogens is 1. The van der Waals surface area contributed by atoms with E-state index in [2.05, 4.69) is 64.9 Å². The number of nitrogens with zero attached hydrogens (tertiary/aromatic N) is 3. The Bertz CT molecular complexity index is 587. The maximum atomic E-state index is 5.55. The van der Waals surface area contributed by atoms with Crippen LogP contribution in [0, 0.1) is 6.92 Å². The summed E-state index contributed by atoms with van der Waals surface area (Å²) >= 11 is 0. The first-order valence-corrected chi connectivity index (χ1v) is 9.56. The largest absolute Gasteiger partial charge is 0.379 e. The number of unbranched alkanes of at least 4 members (excludes halogenated alkanes) is 1. The summed E-state index contributed by atoms with van der Waals surface area (Å²) in [7, 11) is 3.94. The van der Waals surface area contributed by atoms with E-state index in [1.807, 2.05) is 13.1 Å². The molecule has 1 aliphatic heterocycles. The Morgan fingerprint density at radius 2 is 2.15 bits per heavy atom. The lowest BCUT2D eigenvalue weighted by atomic mass is 10.0. The van der Waals surface area contributed by atoms with Crippen molar-refractivity contribution in [3.8, 4) is 0 Å². The Morgan fingerprint density at radius 3 is 2.78 bits per heavy atom. The van der Waals surface area contributed by atoms with Gasteiger partial charge in [0.25, 0.3) is 0 Å². The molecule has 2 rings (SSSR count). The minimum absolute atomic E-state index is 0. The molecule has 1 aromatic rings. The highest BCUT2D eigenvalue weighted by Crippen LogP contribution is 2.22. The molecule has 1 unspecified atom stereocenters. The van der Waals surface area contributed by atoms with Gasteiger partial charge >= 0.3 is 0 Å². The molecule has 1 heterocycles. The summed E-state index contributed by atoms with van der Waals surface area (Å²) in [6, 6.07) is 9.13. The van der Waals surface area contributed by atoms with Crippen LogP contribution in [0.4, 0.5) is 0 Å². The second kappa shape index (κ2) is 13.1. The molecule has 1 fully saturated rings. The summed E-state index contributed by atoms with van der Waals surface area (Å²) in [4.78, 5) is 9.16. The van der Waals surface area contributed by atoms with Gasteiger partial charge in [-0.05, 0) is 25.3 Å². The Morgan fingerprint density at radius 1 is 1.41 bits per heavy atom. The minimum atomic E-state index is 0. The number of guanidine groups is 1. The third kappa shape index (κ3) is 7.79. The lowest BCUT2D eigenvalue weighted by Gasteiger charge is -2.36. The van der Waals surface area contributed by atoms with Crippen LogP contribution in [0.1, 0.15) is 30.0 Å². The summed E-state index contributed by atoms with van der Waals surface area (Å²) in [6.07, 6.45) is 4.09. The molecule has 0 spiro atoms. The molecule has 0 radical (unpaired) electrons. The summed E-state index contributed by atoms with van der Waals surface area (Å²) in [5.74, 6) is 0.944. The van der Waals surface area contributed by atoms with Gasteiger partial charge < -0.3 is 15.0 Å². The van der Waals surface area contributed by atoms with Gasteiger partial charge in [0.15, 0.2) is 5.96 Å². The standard InChI is InChI=1S/C21H34N4O.HI/c1-5-6-7-11-24(4)21(22-3)23-17-20(25-12-14-26-15-13-25)19-10-8-9-18(2)16-19;/h5,8-10,16,20H,1,6-7,11-15,17H2,2-4H3,(H,22,23);1H. The van der Waals surface area contributed by atoms with Crippen LogP contribution in [0.3, 0.4) is 0 Å². The zero-order chi connectivity index (χ0) is 18.8. The van der Waals surface area contributed by atoms with E-state index >= 15 is 0 Å². The number of ether oxygens (including phenoxy) is 1. The first kappa shape index (κ1) is 23.9. The average Bonchev–Trinajstić information content (AvgIpc) is 2.66. The van der Waals surface area contributed by atoms with Crippen molar-refractivity contribution in [3.05, 3.63) is 48.0 Å². The highest BCUT2D eigenvalue weighted by atomic mass is 127. The van der Waals surface area contributed by atoms with E-state index in [0.717, 1.165) is 58.2 Å². The number of hydrogen-bond acceptors (Lipinski definition) is 3. The quantitative estimate of drug-likeness (QED) is 0.201. The van der Waals surface area contributed by atoms with Crippen LogP contribution in [0.15, 0.2) is 41.9 Å². The number of hydrogen-bond donors (Lipinski definition) is 1. The molecule has 1 aromatic carbocycles. The highest BCUT2D eigenvalue weighted by molar-refractivity contribution is 14.0. The molecule has 0 bridgehead atoms. The Balaban J connectivity index is 0.00000364. The van der Waals surface area contributed by atoms with E-state index in [-0.39, 0.29) is 24.0 Å². The van der Waals surface area contributed by atoms with E-state index in [4.69, 9.17) is 4.74 Å². The zero-order valence-corrected chi connectivity index (χ0v) is 19.3. The number of aliphatic imine (C=N–C) groups is 1. The van der Waals surface area contributed by atoms with Gasteiger partial charge in [-0.2, -0.15) is 0 Å². The summed E-state index contributed by atoms with van der Waals surface area (Å²) < 4.78 is 5.55. The maximum Gasteiger partial charge on any atom is 0.193 e. The molecule has 5 nitrogen and oxygen atoms in total. The second-order valence-corrected chi connectivity index (χ2v) is 6.86. The number of aryl methyl sites for hydroxylation is 1. The molecular weight excluding hydrogens is 451 g/mol. The summed E-state index contributed by atoms with van der Waals surface area (Å²) in [5, 5.41) is 3.58. The molecule has 1 saturated heterocycles. The first-order valence-electron chi connectivity index (χ1n) is 9.56. The molecule has 6 heteroatoms. The van der Waals surface area contributed by atoms with Crippen LogP contribution < -0.4 is 5.32 Å². The third-order valence-electron chi connectivity index (χ3n) is 4.84. The van der Waals surface area contributed by atoms with Crippen molar-refractivity contribution in [2.45, 2.75) is 25.8 Å². The molecule has 1 aliphatic rings. The maximum absolute atomic E-state index is 5.55. The van der Waals surface area contributed by atoms with Gasteiger partial charge in [0, 0.05) is 40.3 Å². The topological polar surface area (TPSA) is 40.1 Å². The Labute approximate surface area is 181 Å². The normalized spacial score (nSPS) is 16.3. The van der Waals surface area contributed by atoms with Gasteiger partial charge in [-0.3, -0.25) is 9.89 Å². The lowest BCUT2D eigenvalue weighted by Crippen LogP contribution is -2.46. The van der Waals surface area contributed by atoms with Crippen LogP contribution in [0.25, 0.3) is 0 Å². The van der Waals surface area contributed by atoms with Crippen molar-refractivity contribution >= 4 is 29.9 Å². The van der Waals surface area contributed by atoms with Crippen LogP contribution >= 0.6 is 24.0 Å². The van der Waals surface area contributed by atoms with E-state index in [1.54, 1.807) is 0 Å². The molecule has 152 valence electrons. The molecule has 0 saturated carbocycles. The van der Waals surface area contributed by atoms with E-state index in [0.29, 0.717) is 6.04 Å². The molecule has 0 amide bonds. The number of allylic oxidation sites excluding steroid dienone is 1. The number of morpholine rings is 1. The number of rotatable bonds is 8. The van der Waals surface area contributed by atoms with Crippen molar-refractivity contribution in [2.75, 3.05) is 53.5 Å². The molecule has 1 N–H and O–H groups in total. The van der Waals surface area contributed by atoms with E-state index in [9.17, 15) is 0 Å². The fourth-order valence-corrected chi connectivity index (χ4v) is 3.38. The van der Waals surface area contributed by atoms with E-state index in [1.165, 1.54) is 11.1 Å². The predicted molar refractivity (Wildman–Crippen MR) is 125 cm³/mol. The van der Waals surface area contributed by atoms with Gasteiger partial charge in [-0.15, -0.1) is 30.6 Å². The fourth-order valence-electron chi connectivity index (χ4n) is 3.38. The second-order valence-electron chi connectivity index (χ2n) is 6.86. The highest BCUT2D eigenvalue weighted by Gasteiger charge is 2.23. The van der Waals surface area contributed by atoms with Crippen LogP contribution in [0.2, 0.25) is 0 Å². The van der Waals surface area contributed by atoms with Crippen molar-refractivity contribution in [1.29, 1.82) is 0 Å². The molecule has 0 aromatic heterocycles. The van der Waals surface area contributed by atoms with Crippen LogP contribution in [-0.2, 0) is 4.74 Å². The van der Waals surface area contributed by atoms with Crippen molar-refractivity contribution in [2.24, 2.45) is 4.99 Å². The van der Waals surface area contributed by atoms with Crippen molar-refractivity contribution in [1.82, 2.24) is 15.1 Å². The Hall–Kier alpha value is -1.12. The fraction of sp³-hybridized carbons (Fsp3) is 0.571. The van der Waals surface area contributed by atoms with Gasteiger partial charge in [-0.25, -0.2) is 0 Å². The van der Waals surface area contributed by atoms with Gasteiger partial charge in [0.05, 0.1) is 19.3 Å². The molecule has 0 aliphatic carbocycles. The van der Waals surface area contributed by atoms with Gasteiger partial charge in [-0.1, -0.05) is 35.9 Å². The monoisotopic (exact) mass is 486 g/mol. The predicted octanol–water partition coefficient (Wildman–Crippen LogP) is 3.46. The molecule has 1 atom stereocenters. The molecular formula is C21H35IN4O. The van der Waals surface area contributed by atoms with Gasteiger partial charge in [0.1, 0.15) is 0 Å². The van der Waals surface area contributed by atoms with Crippen molar-refractivity contribution in [3.63, 3.8) is 0 Å². The van der Waals surface area contributed by atoms with Crippen LogP contribution in [0.5, 0.6) is 0 Å². The number of benzene rings is 1. The van der Waals surface area contributed by atoms with Crippen molar-refractivity contribution < 1.29 is 4.74 Å².